The number of fused-ring (bicyclic) bond motifs is 1. The van der Waals surface area contributed by atoms with Crippen LogP contribution in [-0.4, -0.2) is 75.6 Å². The van der Waals surface area contributed by atoms with E-state index in [2.05, 4.69) is 16.0 Å². The van der Waals surface area contributed by atoms with E-state index in [1.54, 1.807) is 35.4 Å². The molecule has 2 aromatic rings. The lowest BCUT2D eigenvalue weighted by molar-refractivity contribution is -0.130. The number of aliphatic hydroxyl groups is 1. The second-order valence-corrected chi connectivity index (χ2v) is 9.99. The molecule has 8 heteroatoms. The van der Waals surface area contributed by atoms with E-state index in [-0.39, 0.29) is 48.8 Å². The van der Waals surface area contributed by atoms with Gasteiger partial charge in [0.1, 0.15) is 11.7 Å². The number of nitrogens with zero attached hydrogens (tertiary/aromatic N) is 4. The van der Waals surface area contributed by atoms with Gasteiger partial charge in [0, 0.05) is 38.1 Å². The highest BCUT2D eigenvalue weighted by Crippen LogP contribution is 2.32. The average molecular weight is 493 g/mol. The molecule has 3 atom stereocenters. The molecular formula is C28H36N4O4. The van der Waals surface area contributed by atoms with Crippen LogP contribution < -0.4 is 4.74 Å². The predicted molar refractivity (Wildman–Crippen MR) is 137 cm³/mol. The standard InChI is InChI=1S/C28H36N4O4/c1-19-16-32(20(2)18-33)28(35)24-13-23(22-9-5-4-6-10-22)15-30-27(24)36-25(19)17-31(3)26(34)12-21-8-7-11-29-14-21/h7-9,11,13-15,19-20,25,33H,4-6,10,12,16-18H2,1-3H3/t19-,20+,25+/m0/s1. The van der Waals surface area contributed by atoms with E-state index in [0.29, 0.717) is 18.7 Å². The Morgan fingerprint density at radius 3 is 2.86 bits per heavy atom. The van der Waals surface area contributed by atoms with E-state index in [9.17, 15) is 14.7 Å². The molecule has 0 fully saturated rings. The maximum atomic E-state index is 13.6. The predicted octanol–water partition coefficient (Wildman–Crippen LogP) is 3.36. The van der Waals surface area contributed by atoms with Gasteiger partial charge in [-0.05, 0) is 61.4 Å². The third kappa shape index (κ3) is 5.93. The number of ether oxygens (including phenoxy) is 1. The molecule has 2 aromatic heterocycles. The van der Waals surface area contributed by atoms with Gasteiger partial charge in [-0.15, -0.1) is 0 Å². The topological polar surface area (TPSA) is 95.9 Å². The number of hydrogen-bond acceptors (Lipinski definition) is 6. The minimum atomic E-state index is -0.375. The summed E-state index contributed by atoms with van der Waals surface area (Å²) in [7, 11) is 1.76. The minimum Gasteiger partial charge on any atom is -0.472 e. The van der Waals surface area contributed by atoms with Crippen molar-refractivity contribution in [3.63, 3.8) is 0 Å². The molecular weight excluding hydrogens is 456 g/mol. The van der Waals surface area contributed by atoms with E-state index in [1.165, 1.54) is 12.0 Å². The number of pyridine rings is 2. The van der Waals surface area contributed by atoms with Gasteiger partial charge in [0.05, 0.1) is 25.6 Å². The van der Waals surface area contributed by atoms with Gasteiger partial charge in [0.15, 0.2) is 0 Å². The lowest BCUT2D eigenvalue weighted by Gasteiger charge is -2.37. The first-order valence-electron chi connectivity index (χ1n) is 12.8. The van der Waals surface area contributed by atoms with Crippen LogP contribution in [0.1, 0.15) is 61.0 Å². The molecule has 8 nitrogen and oxygen atoms in total. The molecule has 0 saturated heterocycles. The van der Waals surface area contributed by atoms with Crippen LogP contribution in [0, 0.1) is 5.92 Å². The van der Waals surface area contributed by atoms with Crippen LogP contribution in [0.15, 0.2) is 42.9 Å². The third-order valence-corrected chi connectivity index (χ3v) is 7.14. The third-order valence-electron chi connectivity index (χ3n) is 7.14. The lowest BCUT2D eigenvalue weighted by atomic mass is 9.93. The summed E-state index contributed by atoms with van der Waals surface area (Å²) in [5.41, 5.74) is 3.40. The molecule has 3 heterocycles. The Labute approximate surface area is 213 Å². The van der Waals surface area contributed by atoms with E-state index < -0.39 is 0 Å². The first-order valence-corrected chi connectivity index (χ1v) is 12.8. The summed E-state index contributed by atoms with van der Waals surface area (Å²) in [5, 5.41) is 9.88. The fourth-order valence-corrected chi connectivity index (χ4v) is 4.78. The molecule has 192 valence electrons. The zero-order valence-electron chi connectivity index (χ0n) is 21.4. The monoisotopic (exact) mass is 492 g/mol. The van der Waals surface area contributed by atoms with Crippen LogP contribution in [0.25, 0.3) is 5.57 Å². The second kappa shape index (κ2) is 11.6. The number of amides is 2. The lowest BCUT2D eigenvalue weighted by Crippen LogP contribution is -2.50. The van der Waals surface area contributed by atoms with Crippen LogP contribution in [0.2, 0.25) is 0 Å². The zero-order valence-corrected chi connectivity index (χ0v) is 21.4. The first kappa shape index (κ1) is 25.8. The molecule has 0 spiro atoms. The van der Waals surface area contributed by atoms with Gasteiger partial charge in [0.25, 0.3) is 5.91 Å². The second-order valence-electron chi connectivity index (χ2n) is 9.99. The van der Waals surface area contributed by atoms with Gasteiger partial charge in [0.2, 0.25) is 11.8 Å². The van der Waals surface area contributed by atoms with Gasteiger partial charge in [-0.25, -0.2) is 4.98 Å². The van der Waals surface area contributed by atoms with Crippen molar-refractivity contribution in [3.8, 4) is 5.88 Å². The molecule has 0 bridgehead atoms. The molecule has 1 aliphatic carbocycles. The van der Waals surface area contributed by atoms with Crippen LogP contribution in [0.5, 0.6) is 5.88 Å². The summed E-state index contributed by atoms with van der Waals surface area (Å²) in [5.74, 6) is -0.0406. The summed E-state index contributed by atoms with van der Waals surface area (Å²) in [6.07, 6.45) is 11.6. The van der Waals surface area contributed by atoms with Crippen molar-refractivity contribution < 1.29 is 19.4 Å². The Morgan fingerprint density at radius 1 is 1.33 bits per heavy atom. The molecule has 1 N–H and O–H groups in total. The van der Waals surface area contributed by atoms with Gasteiger partial charge in [-0.3, -0.25) is 14.6 Å². The SMILES string of the molecule is C[C@H](CO)N1C[C@H](C)[C@@H](CN(C)C(=O)Cc2cccnc2)Oc2ncc(C3=CCCCC3)cc2C1=O. The number of rotatable bonds is 7. The summed E-state index contributed by atoms with van der Waals surface area (Å²) in [4.78, 5) is 38.6. The van der Waals surface area contributed by atoms with Crippen molar-refractivity contribution in [2.75, 3.05) is 26.7 Å². The van der Waals surface area contributed by atoms with E-state index in [1.807, 2.05) is 32.0 Å². The smallest absolute Gasteiger partial charge is 0.259 e. The van der Waals surface area contributed by atoms with Crippen molar-refractivity contribution in [2.24, 2.45) is 5.92 Å². The van der Waals surface area contributed by atoms with Crippen LogP contribution >= 0.6 is 0 Å². The highest BCUT2D eigenvalue weighted by atomic mass is 16.5. The van der Waals surface area contributed by atoms with Gasteiger partial charge in [-0.1, -0.05) is 19.1 Å². The Balaban J connectivity index is 1.61. The van der Waals surface area contributed by atoms with Crippen LogP contribution in [0.3, 0.4) is 0 Å². The quantitative estimate of drug-likeness (QED) is 0.637. The van der Waals surface area contributed by atoms with Gasteiger partial charge < -0.3 is 19.6 Å². The van der Waals surface area contributed by atoms with E-state index in [4.69, 9.17) is 4.74 Å². The van der Waals surface area contributed by atoms with Crippen molar-refractivity contribution >= 4 is 17.4 Å². The Morgan fingerprint density at radius 2 is 2.17 bits per heavy atom. The zero-order chi connectivity index (χ0) is 25.7. The van der Waals surface area contributed by atoms with Crippen LogP contribution in [-0.2, 0) is 11.2 Å². The maximum Gasteiger partial charge on any atom is 0.259 e. The molecule has 0 unspecified atom stereocenters. The van der Waals surface area contributed by atoms with Gasteiger partial charge >= 0.3 is 0 Å². The maximum absolute atomic E-state index is 13.6. The highest BCUT2D eigenvalue weighted by Gasteiger charge is 2.35. The van der Waals surface area contributed by atoms with Crippen molar-refractivity contribution in [3.05, 3.63) is 59.6 Å². The Bertz CT molecular complexity index is 1100. The molecule has 1 aliphatic heterocycles. The summed E-state index contributed by atoms with van der Waals surface area (Å²) >= 11 is 0. The molecule has 2 amide bonds. The average Bonchev–Trinajstić information content (AvgIpc) is 2.91. The first-order chi connectivity index (χ1) is 17.4. The van der Waals surface area contributed by atoms with E-state index >= 15 is 0 Å². The fraction of sp³-hybridized carbons (Fsp3) is 0.500. The largest absolute Gasteiger partial charge is 0.472 e. The van der Waals surface area contributed by atoms with Crippen LogP contribution in [0.4, 0.5) is 0 Å². The van der Waals surface area contributed by atoms with Crippen molar-refractivity contribution in [2.45, 2.75) is 58.1 Å². The van der Waals surface area contributed by atoms with Crippen molar-refractivity contribution in [1.29, 1.82) is 0 Å². The van der Waals surface area contributed by atoms with Gasteiger partial charge in [-0.2, -0.15) is 0 Å². The number of hydrogen-bond donors (Lipinski definition) is 1. The normalized spacial score (nSPS) is 20.9. The number of carbonyl (C=O) groups excluding carboxylic acids is 2. The Hall–Kier alpha value is -3.26. The van der Waals surface area contributed by atoms with Crippen molar-refractivity contribution in [1.82, 2.24) is 19.8 Å². The summed E-state index contributed by atoms with van der Waals surface area (Å²) < 4.78 is 6.35. The molecule has 0 radical (unpaired) electrons. The fourth-order valence-electron chi connectivity index (χ4n) is 4.78. The molecule has 0 aromatic carbocycles. The molecule has 2 aliphatic rings. The summed E-state index contributed by atoms with van der Waals surface area (Å²) in [6, 6.07) is 5.22. The number of aromatic nitrogens is 2. The molecule has 36 heavy (non-hydrogen) atoms. The highest BCUT2D eigenvalue weighted by molar-refractivity contribution is 5.97. The number of likely N-dealkylation sites (N-methyl/N-ethyl adjacent to an activating group) is 1. The molecule has 4 rings (SSSR count). The number of carbonyl (C=O) groups is 2. The molecule has 0 saturated carbocycles. The number of allylic oxidation sites excluding steroid dienone is 2. The van der Waals surface area contributed by atoms with E-state index in [0.717, 1.165) is 30.4 Å². The number of aliphatic hydroxyl groups excluding tert-OH is 1. The summed E-state index contributed by atoms with van der Waals surface area (Å²) in [6.45, 7) is 4.46. The Kier molecular flexibility index (Phi) is 8.36. The minimum absolute atomic E-state index is 0.0368.